The van der Waals surface area contributed by atoms with Crippen LogP contribution < -0.4 is 5.73 Å². The van der Waals surface area contributed by atoms with Gasteiger partial charge in [-0.25, -0.2) is 0 Å². The summed E-state index contributed by atoms with van der Waals surface area (Å²) < 4.78 is 1.71. The summed E-state index contributed by atoms with van der Waals surface area (Å²) in [6.07, 6.45) is 4.59. The Kier molecular flexibility index (Phi) is 4.61. The van der Waals surface area contributed by atoms with Gasteiger partial charge in [0.2, 0.25) is 0 Å². The first-order chi connectivity index (χ1) is 13.1. The number of aliphatic imine (C=N–C) groups is 1. The number of fused-ring (bicyclic) bond motifs is 1. The largest absolute Gasteiger partial charge is 0.402 e. The molecule has 0 amide bonds. The third-order valence-corrected chi connectivity index (χ3v) is 4.89. The minimum Gasteiger partial charge on any atom is -0.402 e. The van der Waals surface area contributed by atoms with Gasteiger partial charge in [-0.3, -0.25) is 9.98 Å². The van der Waals surface area contributed by atoms with Crippen LogP contribution in [0.3, 0.4) is 0 Å². The summed E-state index contributed by atoms with van der Waals surface area (Å²) in [7, 11) is 0. The van der Waals surface area contributed by atoms with Crippen molar-refractivity contribution in [2.24, 2.45) is 16.6 Å². The van der Waals surface area contributed by atoms with Crippen molar-refractivity contribution in [2.45, 2.75) is 26.2 Å². The van der Waals surface area contributed by atoms with E-state index in [1.165, 1.54) is 0 Å². The first kappa shape index (κ1) is 17.6. The maximum Gasteiger partial charge on any atom is 0.177 e. The Hall–Kier alpha value is -2.80. The van der Waals surface area contributed by atoms with Crippen LogP contribution in [-0.4, -0.2) is 37.1 Å². The molecular formula is C19H20ClN7. The molecule has 3 aromatic heterocycles. The number of halogens is 1. The second-order valence-electron chi connectivity index (χ2n) is 6.59. The summed E-state index contributed by atoms with van der Waals surface area (Å²) in [6, 6.07) is 7.61. The second kappa shape index (κ2) is 7.08. The standard InChI is InChI=1S/C19H20ClN7/c1-3-22-18(17-6-7-19-25-24-11(2)27(19)26-17)9-15(21)13-8-14(13)16-5-4-12(20)10-23-16/h4-7,9-10,13-14H,3,8,21H2,1-2H3/b15-9-,22-18?. The van der Waals surface area contributed by atoms with Crippen molar-refractivity contribution in [1.82, 2.24) is 24.8 Å². The number of rotatable bonds is 5. The molecule has 27 heavy (non-hydrogen) atoms. The van der Waals surface area contributed by atoms with Gasteiger partial charge in [0.25, 0.3) is 0 Å². The average molecular weight is 382 g/mol. The lowest BCUT2D eigenvalue weighted by atomic mass is 10.1. The number of aryl methyl sites for hydroxylation is 1. The van der Waals surface area contributed by atoms with E-state index in [-0.39, 0.29) is 5.92 Å². The maximum absolute atomic E-state index is 6.39. The molecule has 1 aliphatic rings. The zero-order valence-corrected chi connectivity index (χ0v) is 15.9. The van der Waals surface area contributed by atoms with Gasteiger partial charge in [0.1, 0.15) is 5.69 Å². The number of aromatic nitrogens is 5. The molecule has 2 atom stereocenters. The molecule has 0 aromatic carbocycles. The second-order valence-corrected chi connectivity index (χ2v) is 7.03. The van der Waals surface area contributed by atoms with Gasteiger partial charge in [0.15, 0.2) is 11.5 Å². The molecule has 0 saturated heterocycles. The van der Waals surface area contributed by atoms with Gasteiger partial charge in [-0.05, 0) is 50.6 Å². The van der Waals surface area contributed by atoms with Crippen LogP contribution in [0.5, 0.6) is 0 Å². The van der Waals surface area contributed by atoms with Crippen LogP contribution in [0.4, 0.5) is 0 Å². The van der Waals surface area contributed by atoms with E-state index < -0.39 is 0 Å². The summed E-state index contributed by atoms with van der Waals surface area (Å²) in [4.78, 5) is 9.00. The molecule has 0 spiro atoms. The van der Waals surface area contributed by atoms with Crippen LogP contribution in [0.15, 0.2) is 47.2 Å². The summed E-state index contributed by atoms with van der Waals surface area (Å²) in [5.74, 6) is 1.33. The lowest BCUT2D eigenvalue weighted by molar-refractivity contribution is 0.866. The normalized spacial score (nSPS) is 20.3. The average Bonchev–Trinajstić information content (AvgIpc) is 3.39. The number of allylic oxidation sites excluding steroid dienone is 2. The fourth-order valence-corrected chi connectivity index (χ4v) is 3.28. The summed E-state index contributed by atoms with van der Waals surface area (Å²) in [5.41, 5.74) is 10.4. The molecule has 1 fully saturated rings. The zero-order chi connectivity index (χ0) is 19.0. The third kappa shape index (κ3) is 3.55. The van der Waals surface area contributed by atoms with Gasteiger partial charge in [-0.15, -0.1) is 10.2 Å². The van der Waals surface area contributed by atoms with Crippen LogP contribution in [0.1, 0.15) is 36.5 Å². The fraction of sp³-hybridized carbons (Fsp3) is 0.316. The van der Waals surface area contributed by atoms with Crippen molar-refractivity contribution in [1.29, 1.82) is 0 Å². The molecule has 0 bridgehead atoms. The van der Waals surface area contributed by atoms with Crippen molar-refractivity contribution in [3.05, 3.63) is 64.5 Å². The van der Waals surface area contributed by atoms with Gasteiger partial charge in [-0.1, -0.05) is 11.6 Å². The Labute approximate surface area is 162 Å². The molecule has 1 saturated carbocycles. The summed E-state index contributed by atoms with van der Waals surface area (Å²) >= 11 is 5.92. The molecule has 3 aromatic rings. The van der Waals surface area contributed by atoms with E-state index in [2.05, 4.69) is 25.3 Å². The molecule has 8 heteroatoms. The molecule has 7 nitrogen and oxygen atoms in total. The lowest BCUT2D eigenvalue weighted by Gasteiger charge is -2.05. The molecule has 0 aliphatic heterocycles. The maximum atomic E-state index is 6.39. The van der Waals surface area contributed by atoms with E-state index in [9.17, 15) is 0 Å². The van der Waals surface area contributed by atoms with E-state index in [0.29, 0.717) is 23.1 Å². The molecule has 2 unspecified atom stereocenters. The summed E-state index contributed by atoms with van der Waals surface area (Å²) in [6.45, 7) is 4.50. The minimum atomic E-state index is 0.265. The molecule has 0 radical (unpaired) electrons. The lowest BCUT2D eigenvalue weighted by Crippen LogP contribution is -2.10. The van der Waals surface area contributed by atoms with E-state index >= 15 is 0 Å². The molecule has 2 N–H and O–H groups in total. The number of pyridine rings is 1. The molecule has 1 aliphatic carbocycles. The van der Waals surface area contributed by atoms with Crippen molar-refractivity contribution in [3.8, 4) is 0 Å². The number of hydrogen-bond acceptors (Lipinski definition) is 6. The Bertz CT molecular complexity index is 1040. The third-order valence-electron chi connectivity index (χ3n) is 4.66. The topological polar surface area (TPSA) is 94.3 Å². The number of nitrogens with zero attached hydrogens (tertiary/aromatic N) is 6. The Morgan fingerprint density at radius 3 is 2.93 bits per heavy atom. The van der Waals surface area contributed by atoms with Gasteiger partial charge in [0, 0.05) is 36.0 Å². The molecule has 3 heterocycles. The van der Waals surface area contributed by atoms with Crippen LogP contribution in [0.2, 0.25) is 5.02 Å². The molecular weight excluding hydrogens is 362 g/mol. The zero-order valence-electron chi connectivity index (χ0n) is 15.2. The van der Waals surface area contributed by atoms with Gasteiger partial charge >= 0.3 is 0 Å². The van der Waals surface area contributed by atoms with E-state index in [1.54, 1.807) is 10.7 Å². The van der Waals surface area contributed by atoms with Gasteiger partial charge < -0.3 is 5.73 Å². The quantitative estimate of drug-likeness (QED) is 0.685. The Balaban J connectivity index is 1.59. The molecule has 4 rings (SSSR count). The smallest absolute Gasteiger partial charge is 0.177 e. The van der Waals surface area contributed by atoms with Crippen molar-refractivity contribution in [3.63, 3.8) is 0 Å². The minimum absolute atomic E-state index is 0.265. The first-order valence-corrected chi connectivity index (χ1v) is 9.27. The molecule has 138 valence electrons. The number of nitrogens with two attached hydrogens (primary N) is 1. The van der Waals surface area contributed by atoms with Crippen LogP contribution in [-0.2, 0) is 0 Å². The highest BCUT2D eigenvalue weighted by molar-refractivity contribution is 6.30. The first-order valence-electron chi connectivity index (χ1n) is 8.89. The Morgan fingerprint density at radius 2 is 2.19 bits per heavy atom. The monoisotopic (exact) mass is 381 g/mol. The van der Waals surface area contributed by atoms with E-state index in [1.807, 2.05) is 44.2 Å². The van der Waals surface area contributed by atoms with Gasteiger partial charge in [0.05, 0.1) is 10.7 Å². The van der Waals surface area contributed by atoms with Crippen molar-refractivity contribution in [2.75, 3.05) is 6.54 Å². The predicted molar refractivity (Wildman–Crippen MR) is 105 cm³/mol. The predicted octanol–water partition coefficient (Wildman–Crippen LogP) is 2.94. The Morgan fingerprint density at radius 1 is 1.33 bits per heavy atom. The van der Waals surface area contributed by atoms with Gasteiger partial charge in [-0.2, -0.15) is 9.61 Å². The SMILES string of the molecule is CCN=C(/C=C(\N)C1CC1c1ccc(Cl)cn1)c1ccc2nnc(C)n2n1. The number of hydrogen-bond donors (Lipinski definition) is 1. The van der Waals surface area contributed by atoms with Crippen molar-refractivity contribution >= 4 is 23.0 Å². The van der Waals surface area contributed by atoms with Crippen LogP contribution in [0.25, 0.3) is 5.65 Å². The van der Waals surface area contributed by atoms with Crippen molar-refractivity contribution < 1.29 is 0 Å². The highest BCUT2D eigenvalue weighted by Gasteiger charge is 2.41. The highest BCUT2D eigenvalue weighted by atomic mass is 35.5. The van der Waals surface area contributed by atoms with E-state index in [0.717, 1.165) is 35.0 Å². The van der Waals surface area contributed by atoms with E-state index in [4.69, 9.17) is 17.3 Å². The summed E-state index contributed by atoms with van der Waals surface area (Å²) in [5, 5.41) is 13.4. The van der Waals surface area contributed by atoms with Crippen LogP contribution >= 0.6 is 11.6 Å². The fourth-order valence-electron chi connectivity index (χ4n) is 3.17. The highest BCUT2D eigenvalue weighted by Crippen LogP contribution is 2.49. The van der Waals surface area contributed by atoms with Crippen LogP contribution in [0, 0.1) is 12.8 Å².